The van der Waals surface area contributed by atoms with Crippen molar-refractivity contribution in [3.63, 3.8) is 0 Å². The fourth-order valence-corrected chi connectivity index (χ4v) is 4.12. The highest BCUT2D eigenvalue weighted by atomic mass is 19.4. The standard InChI is InChI=1S/C15H25F3N2O3.C10H9NO2/c1-11(8-12(9-21)15(16,17)18)13(22)20-5-2-14(3-6-20)10-19-4-7-23-14;1-3-9-5-4-6-10(7-9)11-13-8(2)12/h11-12,19,21H,2-10H2,1H3;1,4-7,11H,2H3. The number of carbonyl (C=O) groups excluding carboxylic acids is 2. The van der Waals surface area contributed by atoms with Crippen molar-refractivity contribution in [2.75, 3.05) is 44.9 Å². The molecule has 2 saturated heterocycles. The van der Waals surface area contributed by atoms with Crippen LogP contribution in [0.4, 0.5) is 18.9 Å². The van der Waals surface area contributed by atoms with Crippen LogP contribution in [0.5, 0.6) is 0 Å². The van der Waals surface area contributed by atoms with Gasteiger partial charge in [-0.3, -0.25) is 9.59 Å². The summed E-state index contributed by atoms with van der Waals surface area (Å²) in [5, 5.41) is 12.2. The Kier molecular flexibility index (Phi) is 11.0. The maximum absolute atomic E-state index is 12.7. The Hall–Kier alpha value is -2.81. The highest BCUT2D eigenvalue weighted by Crippen LogP contribution is 2.33. The monoisotopic (exact) mass is 513 g/mol. The molecule has 0 aliphatic carbocycles. The highest BCUT2D eigenvalue weighted by Gasteiger charge is 2.42. The lowest BCUT2D eigenvalue weighted by molar-refractivity contribution is -0.189. The fourth-order valence-electron chi connectivity index (χ4n) is 4.12. The van der Waals surface area contributed by atoms with Gasteiger partial charge >= 0.3 is 12.1 Å². The summed E-state index contributed by atoms with van der Waals surface area (Å²) in [5.74, 6) is -0.795. The van der Waals surface area contributed by atoms with E-state index in [9.17, 15) is 22.8 Å². The van der Waals surface area contributed by atoms with E-state index in [1.165, 1.54) is 13.8 Å². The Balaban J connectivity index is 0.000000297. The van der Waals surface area contributed by atoms with E-state index < -0.39 is 30.6 Å². The maximum Gasteiger partial charge on any atom is 0.394 e. The van der Waals surface area contributed by atoms with E-state index >= 15 is 0 Å². The number of morpholine rings is 1. The van der Waals surface area contributed by atoms with Gasteiger partial charge in [0.1, 0.15) is 0 Å². The topological polar surface area (TPSA) is 100 Å². The number of aliphatic hydroxyl groups excluding tert-OH is 1. The second-order valence-corrected chi connectivity index (χ2v) is 9.01. The lowest BCUT2D eigenvalue weighted by atomic mass is 9.88. The van der Waals surface area contributed by atoms with E-state index in [1.54, 1.807) is 29.2 Å². The number of nitrogens with one attached hydrogen (secondary N) is 2. The Morgan fingerprint density at radius 3 is 2.58 bits per heavy atom. The molecule has 200 valence electrons. The first-order valence-corrected chi connectivity index (χ1v) is 11.8. The van der Waals surface area contributed by atoms with Gasteiger partial charge in [0.15, 0.2) is 0 Å². The van der Waals surface area contributed by atoms with E-state index in [0.29, 0.717) is 38.2 Å². The van der Waals surface area contributed by atoms with Crippen LogP contribution in [-0.2, 0) is 19.2 Å². The molecule has 1 aromatic carbocycles. The molecule has 3 rings (SSSR count). The van der Waals surface area contributed by atoms with Gasteiger partial charge in [0.05, 0.1) is 30.4 Å². The van der Waals surface area contributed by atoms with E-state index in [-0.39, 0.29) is 17.9 Å². The first kappa shape index (κ1) is 29.4. The number of hydrogen-bond acceptors (Lipinski definition) is 7. The van der Waals surface area contributed by atoms with Crippen LogP contribution >= 0.6 is 0 Å². The van der Waals surface area contributed by atoms with Gasteiger partial charge in [-0.15, -0.1) is 6.42 Å². The molecular weight excluding hydrogens is 479 g/mol. The van der Waals surface area contributed by atoms with Crippen LogP contribution in [0.25, 0.3) is 0 Å². The third-order valence-corrected chi connectivity index (χ3v) is 6.21. The molecule has 2 heterocycles. The molecule has 2 aliphatic rings. The number of rotatable bonds is 6. The number of alkyl halides is 3. The van der Waals surface area contributed by atoms with Gasteiger partial charge in [-0.2, -0.15) is 13.2 Å². The van der Waals surface area contributed by atoms with Gasteiger partial charge in [0, 0.05) is 44.6 Å². The Labute approximate surface area is 209 Å². The number of benzene rings is 1. The minimum atomic E-state index is -4.48. The lowest BCUT2D eigenvalue weighted by Crippen LogP contribution is -2.56. The normalized spacial score (nSPS) is 18.8. The first-order valence-electron chi connectivity index (χ1n) is 11.8. The van der Waals surface area contributed by atoms with Gasteiger partial charge < -0.3 is 24.9 Å². The molecule has 3 N–H and O–H groups in total. The molecule has 1 amide bonds. The number of hydrogen-bond donors (Lipinski definition) is 3. The van der Waals surface area contributed by atoms with Crippen LogP contribution in [0.3, 0.4) is 0 Å². The van der Waals surface area contributed by atoms with Crippen LogP contribution in [0.15, 0.2) is 24.3 Å². The molecule has 2 atom stereocenters. The molecule has 1 aromatic rings. The average Bonchev–Trinajstić information content (AvgIpc) is 2.86. The van der Waals surface area contributed by atoms with Crippen molar-refractivity contribution in [1.29, 1.82) is 0 Å². The summed E-state index contributed by atoms with van der Waals surface area (Å²) in [6, 6.07) is 7.03. The quantitative estimate of drug-likeness (QED) is 0.397. The number of piperidine rings is 1. The second-order valence-electron chi connectivity index (χ2n) is 9.01. The summed E-state index contributed by atoms with van der Waals surface area (Å²) in [5.41, 5.74) is 3.63. The zero-order valence-corrected chi connectivity index (χ0v) is 20.6. The summed E-state index contributed by atoms with van der Waals surface area (Å²) in [6.07, 6.45) is 1.73. The Morgan fingerprint density at radius 1 is 1.36 bits per heavy atom. The SMILES string of the molecule is C#Cc1cccc(NOC(C)=O)c1.CC(CC(CO)C(F)(F)F)C(=O)N1CCC2(CC1)CNCCO2. The molecule has 2 fully saturated rings. The summed E-state index contributed by atoms with van der Waals surface area (Å²) in [6.45, 7) is 5.06. The van der Waals surface area contributed by atoms with E-state index in [4.69, 9.17) is 16.3 Å². The van der Waals surface area contributed by atoms with Crippen LogP contribution in [-0.4, -0.2) is 73.1 Å². The molecular formula is C25H34F3N3O5. The lowest BCUT2D eigenvalue weighted by Gasteiger charge is -2.44. The number of carbonyl (C=O) groups is 2. The van der Waals surface area contributed by atoms with Gasteiger partial charge in [-0.1, -0.05) is 18.9 Å². The van der Waals surface area contributed by atoms with Gasteiger partial charge in [-0.05, 0) is 37.5 Å². The van der Waals surface area contributed by atoms with Crippen LogP contribution in [0.2, 0.25) is 0 Å². The van der Waals surface area contributed by atoms with Crippen LogP contribution < -0.4 is 10.8 Å². The van der Waals surface area contributed by atoms with Crippen LogP contribution in [0, 0.1) is 24.2 Å². The summed E-state index contributed by atoms with van der Waals surface area (Å²) in [7, 11) is 0. The Bertz CT molecular complexity index is 903. The van der Waals surface area contributed by atoms with Crippen molar-refractivity contribution < 1.29 is 37.4 Å². The van der Waals surface area contributed by atoms with E-state index in [1.807, 2.05) is 0 Å². The number of aliphatic hydroxyl groups is 1. The van der Waals surface area contributed by atoms with Crippen molar-refractivity contribution in [3.05, 3.63) is 29.8 Å². The number of terminal acetylenes is 1. The summed E-state index contributed by atoms with van der Waals surface area (Å²) >= 11 is 0. The van der Waals surface area contributed by atoms with Crippen LogP contribution in [0.1, 0.15) is 38.7 Å². The fraction of sp³-hybridized carbons (Fsp3) is 0.600. The van der Waals surface area contributed by atoms with Crippen molar-refractivity contribution in [3.8, 4) is 12.3 Å². The molecule has 11 heteroatoms. The largest absolute Gasteiger partial charge is 0.396 e. The number of amides is 1. The maximum atomic E-state index is 12.7. The molecule has 0 saturated carbocycles. The predicted molar refractivity (Wildman–Crippen MR) is 128 cm³/mol. The minimum absolute atomic E-state index is 0.238. The number of anilines is 1. The highest BCUT2D eigenvalue weighted by molar-refractivity contribution is 5.78. The predicted octanol–water partition coefficient (Wildman–Crippen LogP) is 2.72. The molecule has 2 aliphatic heterocycles. The molecule has 2 unspecified atom stereocenters. The first-order chi connectivity index (χ1) is 17.0. The van der Waals surface area contributed by atoms with Crippen molar-refractivity contribution >= 4 is 17.6 Å². The van der Waals surface area contributed by atoms with Gasteiger partial charge in [0.25, 0.3) is 0 Å². The number of halogens is 3. The van der Waals surface area contributed by atoms with E-state index in [0.717, 1.165) is 18.7 Å². The molecule has 1 spiro atoms. The minimum Gasteiger partial charge on any atom is -0.396 e. The zero-order chi connectivity index (χ0) is 26.8. The number of nitrogens with zero attached hydrogens (tertiary/aromatic N) is 1. The summed E-state index contributed by atoms with van der Waals surface area (Å²) in [4.78, 5) is 29.0. The average molecular weight is 514 g/mol. The molecule has 36 heavy (non-hydrogen) atoms. The molecule has 8 nitrogen and oxygen atoms in total. The second kappa shape index (κ2) is 13.5. The molecule has 0 bridgehead atoms. The van der Waals surface area contributed by atoms with Crippen molar-refractivity contribution in [1.82, 2.24) is 10.2 Å². The third kappa shape index (κ3) is 9.00. The molecule has 0 radical (unpaired) electrons. The summed E-state index contributed by atoms with van der Waals surface area (Å²) < 4.78 is 44.0. The van der Waals surface area contributed by atoms with Crippen molar-refractivity contribution in [2.45, 2.75) is 44.9 Å². The van der Waals surface area contributed by atoms with Crippen molar-refractivity contribution in [2.24, 2.45) is 11.8 Å². The smallest absolute Gasteiger partial charge is 0.394 e. The zero-order valence-electron chi connectivity index (χ0n) is 20.6. The molecule has 0 aromatic heterocycles. The Morgan fingerprint density at radius 2 is 2.06 bits per heavy atom. The number of ether oxygens (including phenoxy) is 1. The third-order valence-electron chi connectivity index (χ3n) is 6.21. The van der Waals surface area contributed by atoms with Gasteiger partial charge in [-0.25, -0.2) is 5.48 Å². The van der Waals surface area contributed by atoms with E-state index in [2.05, 4.69) is 21.6 Å². The number of likely N-dealkylation sites (tertiary alicyclic amines) is 1. The van der Waals surface area contributed by atoms with Gasteiger partial charge in [0.2, 0.25) is 5.91 Å².